The van der Waals surface area contributed by atoms with Crippen molar-refractivity contribution in [1.29, 1.82) is 0 Å². The van der Waals surface area contributed by atoms with Crippen molar-refractivity contribution in [3.8, 4) is 0 Å². The van der Waals surface area contributed by atoms with E-state index < -0.39 is 9.84 Å². The van der Waals surface area contributed by atoms with E-state index in [2.05, 4.69) is 5.32 Å². The van der Waals surface area contributed by atoms with Gasteiger partial charge in [0.05, 0.1) is 17.1 Å². The fraction of sp³-hybridized carbons (Fsp3) is 1.00. The predicted molar refractivity (Wildman–Crippen MR) is 63.1 cm³/mol. The average molecular weight is 247 g/mol. The molecule has 94 valence electrons. The number of hydrogen-bond acceptors (Lipinski definition) is 4. The zero-order chi connectivity index (χ0) is 11.6. The summed E-state index contributed by atoms with van der Waals surface area (Å²) in [6.07, 6.45) is 5.10. The highest BCUT2D eigenvalue weighted by Gasteiger charge is 2.31. The molecule has 0 bridgehead atoms. The van der Waals surface area contributed by atoms with Crippen molar-refractivity contribution in [2.24, 2.45) is 0 Å². The van der Waals surface area contributed by atoms with Gasteiger partial charge in [-0.2, -0.15) is 0 Å². The summed E-state index contributed by atoms with van der Waals surface area (Å²) in [5.74, 6) is 0.364. The van der Waals surface area contributed by atoms with Gasteiger partial charge >= 0.3 is 0 Å². The number of rotatable bonds is 3. The fourth-order valence-corrected chi connectivity index (χ4v) is 4.44. The van der Waals surface area contributed by atoms with Gasteiger partial charge in [-0.1, -0.05) is 0 Å². The van der Waals surface area contributed by atoms with Gasteiger partial charge in [-0.15, -0.1) is 0 Å². The van der Waals surface area contributed by atoms with E-state index in [0.29, 0.717) is 18.3 Å². The first-order chi connectivity index (χ1) is 7.58. The zero-order valence-electron chi connectivity index (χ0n) is 9.56. The summed E-state index contributed by atoms with van der Waals surface area (Å²) in [5, 5.41) is 12.5. The molecule has 0 aromatic carbocycles. The van der Waals surface area contributed by atoms with Gasteiger partial charge in [0.15, 0.2) is 9.84 Å². The largest absolute Gasteiger partial charge is 0.393 e. The van der Waals surface area contributed by atoms with Crippen molar-refractivity contribution >= 4 is 9.84 Å². The second-order valence-electron chi connectivity index (χ2n) is 5.04. The van der Waals surface area contributed by atoms with Crippen LogP contribution in [0.2, 0.25) is 0 Å². The lowest BCUT2D eigenvalue weighted by atomic mass is 9.93. The Labute approximate surface area is 97.3 Å². The third-order valence-electron chi connectivity index (χ3n) is 3.79. The van der Waals surface area contributed by atoms with Crippen LogP contribution >= 0.6 is 0 Å². The Kier molecular flexibility index (Phi) is 3.87. The molecule has 2 aliphatic rings. The lowest BCUT2D eigenvalue weighted by Gasteiger charge is -2.27. The highest BCUT2D eigenvalue weighted by atomic mass is 32.2. The topological polar surface area (TPSA) is 66.4 Å². The van der Waals surface area contributed by atoms with Crippen LogP contribution in [0.25, 0.3) is 0 Å². The van der Waals surface area contributed by atoms with E-state index in [0.717, 1.165) is 38.5 Å². The lowest BCUT2D eigenvalue weighted by Crippen LogP contribution is -2.40. The summed E-state index contributed by atoms with van der Waals surface area (Å²) in [7, 11) is -2.81. The minimum Gasteiger partial charge on any atom is -0.393 e. The van der Waals surface area contributed by atoms with Crippen molar-refractivity contribution in [1.82, 2.24) is 5.32 Å². The van der Waals surface area contributed by atoms with E-state index in [-0.39, 0.29) is 11.4 Å². The first kappa shape index (κ1) is 12.3. The molecular formula is C11H21NO3S. The Morgan fingerprint density at radius 1 is 1.12 bits per heavy atom. The van der Waals surface area contributed by atoms with Crippen LogP contribution in [0.15, 0.2) is 0 Å². The molecule has 2 fully saturated rings. The van der Waals surface area contributed by atoms with Crippen LogP contribution in [0, 0.1) is 0 Å². The summed E-state index contributed by atoms with van der Waals surface area (Å²) >= 11 is 0. The number of nitrogens with one attached hydrogen (secondary N) is 1. The summed E-state index contributed by atoms with van der Waals surface area (Å²) in [5.41, 5.74) is 0. The van der Waals surface area contributed by atoms with Gasteiger partial charge in [-0.3, -0.25) is 0 Å². The molecule has 0 spiro atoms. The average Bonchev–Trinajstić information content (AvgIpc) is 2.57. The highest BCUT2D eigenvalue weighted by Crippen LogP contribution is 2.21. The summed E-state index contributed by atoms with van der Waals surface area (Å²) < 4.78 is 23.2. The van der Waals surface area contributed by atoms with E-state index in [1.165, 1.54) is 0 Å². The molecule has 1 saturated heterocycles. The molecule has 5 heteroatoms. The van der Waals surface area contributed by atoms with Gasteiger partial charge in [0.2, 0.25) is 0 Å². The third-order valence-corrected chi connectivity index (χ3v) is 6.07. The second kappa shape index (κ2) is 5.02. The molecule has 1 saturated carbocycles. The summed E-state index contributed by atoms with van der Waals surface area (Å²) in [6.45, 7) is 0.600. The maximum atomic E-state index is 11.6. The molecule has 1 aliphatic carbocycles. The first-order valence-corrected chi connectivity index (χ1v) is 7.92. The van der Waals surface area contributed by atoms with Crippen molar-refractivity contribution in [3.05, 3.63) is 0 Å². The molecule has 1 heterocycles. The number of aliphatic hydroxyl groups excluding tert-OH is 1. The normalized spacial score (nSPS) is 38.7. The van der Waals surface area contributed by atoms with Crippen LogP contribution < -0.4 is 5.32 Å². The van der Waals surface area contributed by atoms with E-state index in [1.807, 2.05) is 0 Å². The van der Waals surface area contributed by atoms with Crippen molar-refractivity contribution in [3.63, 3.8) is 0 Å². The molecule has 4 nitrogen and oxygen atoms in total. The van der Waals surface area contributed by atoms with Gasteiger partial charge in [-0.05, 0) is 38.5 Å². The van der Waals surface area contributed by atoms with Crippen molar-refractivity contribution in [2.75, 3.05) is 12.3 Å². The number of sulfone groups is 1. The van der Waals surface area contributed by atoms with E-state index in [1.54, 1.807) is 0 Å². The predicted octanol–water partition coefficient (Wildman–Crippen LogP) is 0.457. The van der Waals surface area contributed by atoms with E-state index >= 15 is 0 Å². The molecule has 0 radical (unpaired) electrons. The first-order valence-electron chi connectivity index (χ1n) is 6.21. The Morgan fingerprint density at radius 3 is 2.38 bits per heavy atom. The Balaban J connectivity index is 1.75. The molecule has 2 rings (SSSR count). The van der Waals surface area contributed by atoms with Crippen LogP contribution in [-0.2, 0) is 9.84 Å². The van der Waals surface area contributed by atoms with Crippen LogP contribution in [0.5, 0.6) is 0 Å². The summed E-state index contributed by atoms with van der Waals surface area (Å²) in [6, 6.07) is 0.402. The molecule has 1 aliphatic heterocycles. The van der Waals surface area contributed by atoms with Gasteiger partial charge in [-0.25, -0.2) is 8.42 Å². The molecule has 1 unspecified atom stereocenters. The van der Waals surface area contributed by atoms with Crippen molar-refractivity contribution in [2.45, 2.75) is 55.9 Å². The Bertz CT molecular complexity index is 320. The highest BCUT2D eigenvalue weighted by molar-refractivity contribution is 7.92. The zero-order valence-corrected chi connectivity index (χ0v) is 10.4. The lowest BCUT2D eigenvalue weighted by molar-refractivity contribution is 0.117. The van der Waals surface area contributed by atoms with Gasteiger partial charge in [0.1, 0.15) is 0 Å². The maximum absolute atomic E-state index is 11.6. The van der Waals surface area contributed by atoms with Crippen LogP contribution in [-0.4, -0.2) is 43.2 Å². The molecule has 2 N–H and O–H groups in total. The molecule has 1 atom stereocenters. The van der Waals surface area contributed by atoms with Crippen LogP contribution in [0.4, 0.5) is 0 Å². The second-order valence-corrected chi connectivity index (χ2v) is 7.45. The van der Waals surface area contributed by atoms with Gasteiger partial charge in [0.25, 0.3) is 0 Å². The third kappa shape index (κ3) is 2.96. The minimum atomic E-state index is -2.81. The standard InChI is InChI=1S/C11H21NO3S/c13-10-5-3-9(4-6-10)12-8-11-2-1-7-16(11,14)15/h9-13H,1-8H2. The quantitative estimate of drug-likeness (QED) is 0.760. The molecule has 0 aromatic rings. The fourth-order valence-electron chi connectivity index (χ4n) is 2.67. The monoisotopic (exact) mass is 247 g/mol. The van der Waals surface area contributed by atoms with Gasteiger partial charge < -0.3 is 10.4 Å². The smallest absolute Gasteiger partial charge is 0.154 e. The molecular weight excluding hydrogens is 226 g/mol. The van der Waals surface area contributed by atoms with Gasteiger partial charge in [0, 0.05) is 12.6 Å². The molecule has 0 amide bonds. The number of hydrogen-bond donors (Lipinski definition) is 2. The van der Waals surface area contributed by atoms with Crippen LogP contribution in [0.1, 0.15) is 38.5 Å². The van der Waals surface area contributed by atoms with E-state index in [4.69, 9.17) is 0 Å². The SMILES string of the molecule is O=S1(=O)CCCC1CNC1CCC(O)CC1. The van der Waals surface area contributed by atoms with Crippen molar-refractivity contribution < 1.29 is 13.5 Å². The maximum Gasteiger partial charge on any atom is 0.154 e. The van der Waals surface area contributed by atoms with Crippen LogP contribution in [0.3, 0.4) is 0 Å². The minimum absolute atomic E-state index is 0.145. The Morgan fingerprint density at radius 2 is 1.81 bits per heavy atom. The Hall–Kier alpha value is -0.130. The molecule has 0 aromatic heterocycles. The molecule has 16 heavy (non-hydrogen) atoms. The van der Waals surface area contributed by atoms with E-state index in [9.17, 15) is 13.5 Å². The summed E-state index contributed by atoms with van der Waals surface area (Å²) in [4.78, 5) is 0. The number of aliphatic hydroxyl groups is 1.